The molecule has 9 heteroatoms. The van der Waals surface area contributed by atoms with Gasteiger partial charge in [0.25, 0.3) is 0 Å². The van der Waals surface area contributed by atoms with Crippen molar-refractivity contribution < 1.29 is 19.4 Å². The second kappa shape index (κ2) is 5.32. The lowest BCUT2D eigenvalue weighted by Crippen LogP contribution is -2.55. The van der Waals surface area contributed by atoms with Crippen molar-refractivity contribution in [3.63, 3.8) is 0 Å². The zero-order valence-electron chi connectivity index (χ0n) is 11.7. The molecule has 9 nitrogen and oxygen atoms in total. The number of urea groups is 1. The Hall–Kier alpha value is -2.16. The molecule has 1 aromatic heterocycles. The van der Waals surface area contributed by atoms with Crippen LogP contribution < -0.4 is 0 Å². The molecule has 3 heterocycles. The van der Waals surface area contributed by atoms with Crippen LogP contribution in [0.4, 0.5) is 4.79 Å². The number of amides is 2. The van der Waals surface area contributed by atoms with Gasteiger partial charge >= 0.3 is 12.0 Å². The van der Waals surface area contributed by atoms with Crippen LogP contribution in [0.3, 0.4) is 0 Å². The molecule has 0 spiro atoms. The van der Waals surface area contributed by atoms with Gasteiger partial charge in [-0.15, -0.1) is 5.10 Å². The second-order valence-corrected chi connectivity index (χ2v) is 5.32. The lowest BCUT2D eigenvalue weighted by Gasteiger charge is -2.40. The van der Waals surface area contributed by atoms with Gasteiger partial charge in [-0.25, -0.2) is 14.3 Å². The van der Waals surface area contributed by atoms with Crippen molar-refractivity contribution in [3.05, 3.63) is 11.9 Å². The van der Waals surface area contributed by atoms with Crippen LogP contribution in [0.2, 0.25) is 0 Å². The van der Waals surface area contributed by atoms with E-state index in [0.29, 0.717) is 26.2 Å². The molecule has 0 aromatic carbocycles. The molecule has 2 amide bonds. The molecule has 1 N–H and O–H groups in total. The Kier molecular flexibility index (Phi) is 3.50. The second-order valence-electron chi connectivity index (χ2n) is 5.32. The van der Waals surface area contributed by atoms with Crippen molar-refractivity contribution in [3.8, 4) is 0 Å². The number of likely N-dealkylation sites (tertiary alicyclic amines) is 2. The standard InChI is InChI=1S/C12H17N5O4/c1-21-9-2-3-15(6-9)12(20)16-4-8(5-16)17-7-10(11(18)19)13-14-17/h7-9H,2-6H2,1H3,(H,18,19). The predicted octanol–water partition coefficient (Wildman–Crippen LogP) is -0.326. The number of aromatic nitrogens is 3. The third-order valence-corrected chi connectivity index (χ3v) is 3.99. The van der Waals surface area contributed by atoms with Gasteiger partial charge in [-0.2, -0.15) is 0 Å². The molecule has 21 heavy (non-hydrogen) atoms. The van der Waals surface area contributed by atoms with Gasteiger partial charge in [0.1, 0.15) is 0 Å². The number of nitrogens with zero attached hydrogens (tertiary/aromatic N) is 5. The highest BCUT2D eigenvalue weighted by molar-refractivity contribution is 5.84. The van der Waals surface area contributed by atoms with Crippen LogP contribution in [-0.2, 0) is 4.74 Å². The highest BCUT2D eigenvalue weighted by Gasteiger charge is 2.37. The molecule has 1 unspecified atom stereocenters. The minimum atomic E-state index is -1.10. The molecule has 2 fully saturated rings. The normalized spacial score (nSPS) is 22.4. The van der Waals surface area contributed by atoms with Gasteiger partial charge in [0.05, 0.1) is 18.3 Å². The summed E-state index contributed by atoms with van der Waals surface area (Å²) in [6, 6.07) is -0.000233. The number of methoxy groups -OCH3 is 1. The SMILES string of the molecule is COC1CCN(C(=O)N2CC(n3cc(C(=O)O)nn3)C2)C1. The summed E-state index contributed by atoms with van der Waals surface area (Å²) < 4.78 is 6.76. The number of hydrogen-bond acceptors (Lipinski definition) is 5. The smallest absolute Gasteiger partial charge is 0.358 e. The van der Waals surface area contributed by atoms with Gasteiger partial charge in [0.15, 0.2) is 5.69 Å². The number of carboxylic acid groups (broad SMARTS) is 1. The first-order valence-corrected chi connectivity index (χ1v) is 6.80. The van der Waals surface area contributed by atoms with Crippen LogP contribution >= 0.6 is 0 Å². The Balaban J connectivity index is 1.53. The Morgan fingerprint density at radius 1 is 1.33 bits per heavy atom. The maximum Gasteiger partial charge on any atom is 0.358 e. The van der Waals surface area contributed by atoms with E-state index in [1.807, 2.05) is 0 Å². The average Bonchev–Trinajstić information content (AvgIpc) is 3.05. The Bertz CT molecular complexity index is 554. The quantitative estimate of drug-likeness (QED) is 0.819. The fourth-order valence-electron chi connectivity index (χ4n) is 2.63. The van der Waals surface area contributed by atoms with Crippen LogP contribution in [0.25, 0.3) is 0 Å². The number of aromatic carboxylic acids is 1. The number of carboxylic acids is 1. The number of carbonyl (C=O) groups excluding carboxylic acids is 1. The van der Waals surface area contributed by atoms with Gasteiger partial charge in [0.2, 0.25) is 0 Å². The molecule has 3 rings (SSSR count). The van der Waals surface area contributed by atoms with Crippen molar-refractivity contribution in [2.75, 3.05) is 33.3 Å². The lowest BCUT2D eigenvalue weighted by molar-refractivity contribution is 0.0689. The van der Waals surface area contributed by atoms with E-state index in [9.17, 15) is 9.59 Å². The predicted molar refractivity (Wildman–Crippen MR) is 70.0 cm³/mol. The third-order valence-electron chi connectivity index (χ3n) is 3.99. The van der Waals surface area contributed by atoms with E-state index in [4.69, 9.17) is 9.84 Å². The Morgan fingerprint density at radius 3 is 2.67 bits per heavy atom. The van der Waals surface area contributed by atoms with Crippen molar-refractivity contribution in [2.24, 2.45) is 0 Å². The van der Waals surface area contributed by atoms with Crippen LogP contribution in [-0.4, -0.2) is 81.3 Å². The van der Waals surface area contributed by atoms with Crippen LogP contribution in [0.1, 0.15) is 23.0 Å². The minimum Gasteiger partial charge on any atom is -0.476 e. The maximum atomic E-state index is 12.2. The molecule has 1 aromatic rings. The molecule has 0 radical (unpaired) electrons. The highest BCUT2D eigenvalue weighted by atomic mass is 16.5. The maximum absolute atomic E-state index is 12.2. The van der Waals surface area contributed by atoms with Crippen molar-refractivity contribution in [1.29, 1.82) is 0 Å². The number of ether oxygens (including phenoxy) is 1. The monoisotopic (exact) mass is 295 g/mol. The number of rotatable bonds is 3. The summed E-state index contributed by atoms with van der Waals surface area (Å²) in [6.45, 7) is 2.39. The Morgan fingerprint density at radius 2 is 2.10 bits per heavy atom. The van der Waals surface area contributed by atoms with Crippen LogP contribution in [0, 0.1) is 0 Å². The summed E-state index contributed by atoms with van der Waals surface area (Å²) in [7, 11) is 1.66. The fourth-order valence-corrected chi connectivity index (χ4v) is 2.63. The van der Waals surface area contributed by atoms with E-state index in [-0.39, 0.29) is 23.9 Å². The van der Waals surface area contributed by atoms with Gasteiger partial charge in [-0.1, -0.05) is 5.21 Å². The summed E-state index contributed by atoms with van der Waals surface area (Å²) in [5, 5.41) is 16.2. The lowest BCUT2D eigenvalue weighted by atomic mass is 10.1. The van der Waals surface area contributed by atoms with E-state index < -0.39 is 5.97 Å². The summed E-state index contributed by atoms with van der Waals surface area (Å²) in [5.41, 5.74) is -0.0812. The fraction of sp³-hybridized carbons (Fsp3) is 0.667. The summed E-state index contributed by atoms with van der Waals surface area (Å²) in [5.74, 6) is -1.10. The third kappa shape index (κ3) is 2.56. The van der Waals surface area contributed by atoms with E-state index in [0.717, 1.165) is 6.42 Å². The molecule has 2 aliphatic rings. The molecule has 2 aliphatic heterocycles. The highest BCUT2D eigenvalue weighted by Crippen LogP contribution is 2.23. The van der Waals surface area contributed by atoms with E-state index >= 15 is 0 Å². The van der Waals surface area contributed by atoms with Gasteiger partial charge < -0.3 is 19.6 Å². The first kappa shape index (κ1) is 13.8. The van der Waals surface area contributed by atoms with Gasteiger partial charge in [-0.05, 0) is 6.42 Å². The average molecular weight is 295 g/mol. The molecular formula is C12H17N5O4. The van der Waals surface area contributed by atoms with Crippen molar-refractivity contribution in [1.82, 2.24) is 24.8 Å². The number of carbonyl (C=O) groups is 2. The molecule has 0 bridgehead atoms. The van der Waals surface area contributed by atoms with Crippen molar-refractivity contribution >= 4 is 12.0 Å². The topological polar surface area (TPSA) is 101 Å². The first-order chi connectivity index (χ1) is 10.1. The zero-order chi connectivity index (χ0) is 15.0. The molecule has 2 saturated heterocycles. The Labute approximate surface area is 121 Å². The van der Waals surface area contributed by atoms with Crippen molar-refractivity contribution in [2.45, 2.75) is 18.6 Å². The summed E-state index contributed by atoms with van der Waals surface area (Å²) in [6.07, 6.45) is 2.38. The van der Waals surface area contributed by atoms with E-state index in [1.54, 1.807) is 16.9 Å². The summed E-state index contributed by atoms with van der Waals surface area (Å²) in [4.78, 5) is 26.5. The number of hydrogen-bond donors (Lipinski definition) is 1. The zero-order valence-corrected chi connectivity index (χ0v) is 11.7. The molecule has 1 atom stereocenters. The molecule has 114 valence electrons. The molecule has 0 aliphatic carbocycles. The van der Waals surface area contributed by atoms with Gasteiger partial charge in [0, 0.05) is 33.3 Å². The molecular weight excluding hydrogens is 278 g/mol. The first-order valence-electron chi connectivity index (χ1n) is 6.80. The van der Waals surface area contributed by atoms with Crippen LogP contribution in [0.15, 0.2) is 6.20 Å². The minimum absolute atomic E-state index is 0.00405. The summed E-state index contributed by atoms with van der Waals surface area (Å²) >= 11 is 0. The van der Waals surface area contributed by atoms with E-state index in [1.165, 1.54) is 10.9 Å². The van der Waals surface area contributed by atoms with Gasteiger partial charge in [-0.3, -0.25) is 0 Å². The van der Waals surface area contributed by atoms with Crippen LogP contribution in [0.5, 0.6) is 0 Å². The largest absolute Gasteiger partial charge is 0.476 e. The van der Waals surface area contributed by atoms with E-state index in [2.05, 4.69) is 10.3 Å². The molecule has 0 saturated carbocycles.